The fraction of sp³-hybridized carbons (Fsp3) is 0.400. The molecule has 0 aliphatic heterocycles. The average molecular weight is 434 g/mol. The van der Waals surface area contributed by atoms with Crippen molar-refractivity contribution in [2.45, 2.75) is 39.5 Å². The van der Waals surface area contributed by atoms with E-state index in [-0.39, 0.29) is 18.4 Å². The number of aromatic amines is 1. The number of hydrogen-bond acceptors (Lipinski definition) is 6. The van der Waals surface area contributed by atoms with E-state index in [4.69, 9.17) is 16.3 Å². The number of benzene rings is 1. The van der Waals surface area contributed by atoms with Crippen molar-refractivity contribution in [3.63, 3.8) is 0 Å². The maximum Gasteiger partial charge on any atom is 0.411 e. The van der Waals surface area contributed by atoms with Gasteiger partial charge in [0.1, 0.15) is 11.6 Å². The molecular weight excluding hydrogens is 410 g/mol. The minimum absolute atomic E-state index is 0.00737. The number of anilines is 1. The minimum Gasteiger partial charge on any atom is -0.469 e. The second-order valence-corrected chi connectivity index (χ2v) is 8.22. The van der Waals surface area contributed by atoms with E-state index in [2.05, 4.69) is 25.2 Å². The number of fused-ring (bicyclic) bond motifs is 1. The molecule has 0 spiro atoms. The highest BCUT2D eigenvalue weighted by Gasteiger charge is 2.25. The van der Waals surface area contributed by atoms with Gasteiger partial charge >= 0.3 is 12.1 Å². The fourth-order valence-electron chi connectivity index (χ4n) is 2.84. The Kier molecular flexibility index (Phi) is 6.02. The van der Waals surface area contributed by atoms with E-state index < -0.39 is 12.1 Å². The number of nitrogens with one attached hydrogen (secondary N) is 2. The molecule has 10 heteroatoms. The molecule has 0 aliphatic rings. The lowest BCUT2D eigenvalue weighted by molar-refractivity contribution is -0.141. The van der Waals surface area contributed by atoms with Gasteiger partial charge in [0.2, 0.25) is 0 Å². The molecule has 1 aromatic carbocycles. The summed E-state index contributed by atoms with van der Waals surface area (Å²) in [7, 11) is 1.28. The monoisotopic (exact) mass is 433 g/mol. The van der Waals surface area contributed by atoms with Crippen molar-refractivity contribution in [2.24, 2.45) is 0 Å². The molecule has 0 saturated heterocycles. The van der Waals surface area contributed by atoms with Crippen LogP contribution < -0.4 is 5.32 Å². The smallest absolute Gasteiger partial charge is 0.411 e. The summed E-state index contributed by atoms with van der Waals surface area (Å²) in [6.07, 6.45) is -0.673. The molecule has 3 aromatic rings. The average Bonchev–Trinajstić information content (AvgIpc) is 3.22. The zero-order chi connectivity index (χ0) is 22.1. The Morgan fingerprint density at radius 3 is 2.63 bits per heavy atom. The summed E-state index contributed by atoms with van der Waals surface area (Å²) < 4.78 is 11.0. The van der Waals surface area contributed by atoms with Crippen LogP contribution in [0.1, 0.15) is 38.4 Å². The molecule has 2 heterocycles. The van der Waals surface area contributed by atoms with Crippen LogP contribution in [-0.4, -0.2) is 45.6 Å². The summed E-state index contributed by atoms with van der Waals surface area (Å²) >= 11 is 6.50. The second-order valence-electron chi connectivity index (χ2n) is 7.84. The van der Waals surface area contributed by atoms with Gasteiger partial charge in [-0.3, -0.25) is 10.1 Å². The van der Waals surface area contributed by atoms with Gasteiger partial charge in [-0.15, -0.1) is 9.73 Å². The molecule has 9 nitrogen and oxygen atoms in total. The number of methoxy groups -OCH3 is 1. The van der Waals surface area contributed by atoms with Crippen LogP contribution in [0.5, 0.6) is 0 Å². The lowest BCUT2D eigenvalue weighted by Crippen LogP contribution is -2.16. The van der Waals surface area contributed by atoms with Crippen LogP contribution in [0.2, 0.25) is 5.02 Å². The number of halogens is 1. The first-order chi connectivity index (χ1) is 14.1. The molecule has 3 rings (SSSR count). The zero-order valence-corrected chi connectivity index (χ0v) is 18.3. The number of nitrogens with zero attached hydrogens (tertiary/aromatic N) is 3. The summed E-state index contributed by atoms with van der Waals surface area (Å²) in [5.41, 5.74) is 3.41. The third kappa shape index (κ3) is 4.56. The lowest BCUT2D eigenvalue weighted by atomic mass is 9.92. The molecular formula is C20H24ClN5O4. The predicted octanol–water partition coefficient (Wildman–Crippen LogP) is 4.10. The normalized spacial score (nSPS) is 11.5. The standard InChI is InChI=1S/C20H24ClN5O4/c1-11-6-7-12(22-19(28)30-9-8-14(27)29-5)10-13(11)17-23-18-15(21)16(20(2,3)4)24-26(18)25-17/h6-7,10H,8-9H2,1-5H3,(H,22,28)(H,23,25). The summed E-state index contributed by atoms with van der Waals surface area (Å²) in [6, 6.07) is 5.37. The number of amides is 1. The van der Waals surface area contributed by atoms with Gasteiger partial charge in [0.15, 0.2) is 11.5 Å². The Labute approximate surface area is 178 Å². The second kappa shape index (κ2) is 8.35. The summed E-state index contributed by atoms with van der Waals surface area (Å²) in [6.45, 7) is 7.96. The van der Waals surface area contributed by atoms with Crippen molar-refractivity contribution in [2.75, 3.05) is 19.0 Å². The van der Waals surface area contributed by atoms with E-state index in [1.807, 2.05) is 33.8 Å². The van der Waals surface area contributed by atoms with Crippen molar-refractivity contribution in [3.05, 3.63) is 34.5 Å². The quantitative estimate of drug-likeness (QED) is 0.586. The number of carbonyl (C=O) groups is 2. The minimum atomic E-state index is -0.666. The van der Waals surface area contributed by atoms with Gasteiger partial charge in [-0.1, -0.05) is 38.4 Å². The van der Waals surface area contributed by atoms with E-state index in [0.717, 1.165) is 16.8 Å². The molecule has 0 atom stereocenters. The Hall–Kier alpha value is -3.07. The highest BCUT2D eigenvalue weighted by Crippen LogP contribution is 2.32. The molecule has 2 N–H and O–H groups in total. The number of H-pyrrole nitrogens is 1. The first kappa shape index (κ1) is 21.6. The molecule has 0 radical (unpaired) electrons. The highest BCUT2D eigenvalue weighted by molar-refractivity contribution is 6.34. The molecule has 0 bridgehead atoms. The molecule has 1 amide bonds. The summed E-state index contributed by atoms with van der Waals surface area (Å²) in [4.78, 5) is 26.2. The van der Waals surface area contributed by atoms with Crippen LogP contribution in [0, 0.1) is 6.92 Å². The predicted molar refractivity (Wildman–Crippen MR) is 113 cm³/mol. The Balaban J connectivity index is 1.80. The Morgan fingerprint density at radius 2 is 2.00 bits per heavy atom. The number of ether oxygens (including phenoxy) is 2. The van der Waals surface area contributed by atoms with Gasteiger partial charge in [-0.05, 0) is 24.6 Å². The molecule has 0 unspecified atom stereocenters. The lowest BCUT2D eigenvalue weighted by Gasteiger charge is -2.14. The van der Waals surface area contributed by atoms with E-state index in [1.165, 1.54) is 11.7 Å². The number of carbonyl (C=O) groups excluding carboxylic acids is 2. The first-order valence-corrected chi connectivity index (χ1v) is 9.74. The third-order valence-corrected chi connectivity index (χ3v) is 4.82. The number of aryl methyl sites for hydroxylation is 1. The Morgan fingerprint density at radius 1 is 1.27 bits per heavy atom. The third-order valence-electron chi connectivity index (χ3n) is 4.46. The van der Waals surface area contributed by atoms with Crippen molar-refractivity contribution in [1.82, 2.24) is 19.8 Å². The molecule has 0 saturated carbocycles. The zero-order valence-electron chi connectivity index (χ0n) is 17.5. The van der Waals surface area contributed by atoms with Crippen LogP contribution in [0.25, 0.3) is 17.0 Å². The van der Waals surface area contributed by atoms with Crippen LogP contribution in [0.4, 0.5) is 10.5 Å². The van der Waals surface area contributed by atoms with Gasteiger partial charge in [0.25, 0.3) is 0 Å². The number of aromatic nitrogens is 4. The van der Waals surface area contributed by atoms with Gasteiger partial charge < -0.3 is 14.5 Å². The van der Waals surface area contributed by atoms with E-state index in [0.29, 0.717) is 22.2 Å². The van der Waals surface area contributed by atoms with Gasteiger partial charge in [-0.2, -0.15) is 5.10 Å². The van der Waals surface area contributed by atoms with Crippen LogP contribution in [-0.2, 0) is 19.7 Å². The summed E-state index contributed by atoms with van der Waals surface area (Å²) in [5, 5.41) is 12.2. The van der Waals surface area contributed by atoms with Crippen LogP contribution in [0.3, 0.4) is 0 Å². The topological polar surface area (TPSA) is 111 Å². The fourth-order valence-corrected chi connectivity index (χ4v) is 3.28. The SMILES string of the molecule is COC(=O)CCOC(=O)Nc1ccc(C)c(-c2nn3nc(C(C)(C)C)c(Cl)c3[nH]2)c1. The maximum atomic E-state index is 12.0. The van der Waals surface area contributed by atoms with Gasteiger partial charge in [0.05, 0.1) is 19.2 Å². The van der Waals surface area contributed by atoms with Crippen LogP contribution in [0.15, 0.2) is 18.2 Å². The molecule has 2 aromatic heterocycles. The van der Waals surface area contributed by atoms with Crippen molar-refractivity contribution in [1.29, 1.82) is 0 Å². The van der Waals surface area contributed by atoms with Gasteiger partial charge in [0, 0.05) is 16.7 Å². The first-order valence-electron chi connectivity index (χ1n) is 9.36. The number of esters is 1. The van der Waals surface area contributed by atoms with E-state index >= 15 is 0 Å². The number of hydrogen-bond donors (Lipinski definition) is 2. The largest absolute Gasteiger partial charge is 0.469 e. The highest BCUT2D eigenvalue weighted by atomic mass is 35.5. The molecule has 0 aliphatic carbocycles. The van der Waals surface area contributed by atoms with Crippen molar-refractivity contribution < 1.29 is 19.1 Å². The van der Waals surface area contributed by atoms with Gasteiger partial charge in [-0.25, -0.2) is 4.79 Å². The number of rotatable bonds is 5. The molecule has 30 heavy (non-hydrogen) atoms. The molecule has 0 fully saturated rings. The van der Waals surface area contributed by atoms with E-state index in [9.17, 15) is 9.59 Å². The maximum absolute atomic E-state index is 12.0. The Bertz CT molecular complexity index is 1100. The van der Waals surface area contributed by atoms with Crippen molar-refractivity contribution >= 4 is 35.0 Å². The molecule has 160 valence electrons. The van der Waals surface area contributed by atoms with E-state index in [1.54, 1.807) is 12.1 Å². The van der Waals surface area contributed by atoms with Crippen LogP contribution >= 0.6 is 11.6 Å². The summed E-state index contributed by atoms with van der Waals surface area (Å²) in [5.74, 6) is 0.122. The van der Waals surface area contributed by atoms with Crippen molar-refractivity contribution in [3.8, 4) is 11.4 Å².